The second-order valence-corrected chi connectivity index (χ2v) is 5.49. The van der Waals surface area contributed by atoms with Crippen molar-refractivity contribution >= 4 is 15.9 Å². The van der Waals surface area contributed by atoms with Crippen molar-refractivity contribution in [2.45, 2.75) is 12.5 Å². The Balaban J connectivity index is 2.24. The molecule has 0 aliphatic heterocycles. The average molecular weight is 355 g/mol. The Hall–Kier alpha value is -1.59. The molecule has 0 bridgehead atoms. The zero-order valence-corrected chi connectivity index (χ0v) is 13.4. The molecule has 1 N–H and O–H groups in total. The lowest BCUT2D eigenvalue weighted by Crippen LogP contribution is -2.04. The minimum atomic E-state index is -0.825. The number of benzene rings is 2. The predicted molar refractivity (Wildman–Crippen MR) is 82.3 cm³/mol. The van der Waals surface area contributed by atoms with Crippen LogP contribution in [0.3, 0.4) is 0 Å². The van der Waals surface area contributed by atoms with E-state index in [4.69, 9.17) is 9.47 Å². The second-order valence-electron chi connectivity index (χ2n) is 4.57. The van der Waals surface area contributed by atoms with Crippen LogP contribution in [0.1, 0.15) is 17.2 Å². The van der Waals surface area contributed by atoms with Gasteiger partial charge in [0.2, 0.25) is 0 Å². The molecule has 0 heterocycles. The van der Waals surface area contributed by atoms with E-state index in [0.717, 1.165) is 4.47 Å². The fourth-order valence-electron chi connectivity index (χ4n) is 2.09. The highest BCUT2D eigenvalue weighted by atomic mass is 79.9. The molecule has 2 rings (SSSR count). The molecule has 2 aromatic rings. The SMILES string of the molecule is COc1ccc(C(O)Cc2cc(Br)ccc2F)cc1OC. The smallest absolute Gasteiger partial charge is 0.161 e. The molecule has 0 radical (unpaired) electrons. The normalized spacial score (nSPS) is 12.0. The number of hydrogen-bond donors (Lipinski definition) is 1. The van der Waals surface area contributed by atoms with Crippen molar-refractivity contribution in [2.24, 2.45) is 0 Å². The molecule has 0 saturated carbocycles. The molecular formula is C16H16BrFO3. The van der Waals surface area contributed by atoms with Crippen LogP contribution >= 0.6 is 15.9 Å². The van der Waals surface area contributed by atoms with Crippen molar-refractivity contribution in [3.63, 3.8) is 0 Å². The molecule has 2 aromatic carbocycles. The first-order valence-corrected chi connectivity index (χ1v) is 7.18. The first-order valence-electron chi connectivity index (χ1n) is 6.39. The monoisotopic (exact) mass is 354 g/mol. The van der Waals surface area contributed by atoms with Gasteiger partial charge < -0.3 is 14.6 Å². The third-order valence-electron chi connectivity index (χ3n) is 3.21. The Kier molecular flexibility index (Phi) is 5.20. The maximum Gasteiger partial charge on any atom is 0.161 e. The van der Waals surface area contributed by atoms with Crippen LogP contribution in [0.5, 0.6) is 11.5 Å². The van der Waals surface area contributed by atoms with Crippen LogP contribution in [-0.4, -0.2) is 19.3 Å². The lowest BCUT2D eigenvalue weighted by molar-refractivity contribution is 0.176. The van der Waals surface area contributed by atoms with Crippen LogP contribution < -0.4 is 9.47 Å². The van der Waals surface area contributed by atoms with E-state index < -0.39 is 6.10 Å². The summed E-state index contributed by atoms with van der Waals surface area (Å²) >= 11 is 3.30. The van der Waals surface area contributed by atoms with Gasteiger partial charge >= 0.3 is 0 Å². The average Bonchev–Trinajstić information content (AvgIpc) is 2.50. The van der Waals surface area contributed by atoms with Crippen LogP contribution in [0.15, 0.2) is 40.9 Å². The second kappa shape index (κ2) is 6.91. The maximum atomic E-state index is 13.7. The number of halogens is 2. The third kappa shape index (κ3) is 3.74. The van der Waals surface area contributed by atoms with Crippen LogP contribution in [0.25, 0.3) is 0 Å². The fraction of sp³-hybridized carbons (Fsp3) is 0.250. The van der Waals surface area contributed by atoms with Crippen molar-refractivity contribution < 1.29 is 19.0 Å². The van der Waals surface area contributed by atoms with Gasteiger partial charge in [0.15, 0.2) is 11.5 Å². The minimum absolute atomic E-state index is 0.181. The van der Waals surface area contributed by atoms with Gasteiger partial charge in [0.05, 0.1) is 20.3 Å². The zero-order chi connectivity index (χ0) is 15.4. The number of hydrogen-bond acceptors (Lipinski definition) is 3. The molecule has 0 aliphatic rings. The Morgan fingerprint density at radius 2 is 1.81 bits per heavy atom. The van der Waals surface area contributed by atoms with Crippen LogP contribution in [-0.2, 0) is 6.42 Å². The summed E-state index contributed by atoms with van der Waals surface area (Å²) in [6.07, 6.45) is -0.644. The number of methoxy groups -OCH3 is 2. The standard InChI is InChI=1S/C16H16BrFO3/c1-20-15-6-3-10(9-16(15)21-2)14(19)8-11-7-12(17)4-5-13(11)18/h3-7,9,14,19H,8H2,1-2H3. The van der Waals surface area contributed by atoms with Crippen LogP contribution in [0.4, 0.5) is 4.39 Å². The summed E-state index contributed by atoms with van der Waals surface area (Å²) in [6.45, 7) is 0. The summed E-state index contributed by atoms with van der Waals surface area (Å²) in [5.41, 5.74) is 1.10. The van der Waals surface area contributed by atoms with Gasteiger partial charge in [-0.2, -0.15) is 0 Å². The first-order chi connectivity index (χ1) is 10.0. The molecule has 0 spiro atoms. The quantitative estimate of drug-likeness (QED) is 0.885. The van der Waals surface area contributed by atoms with E-state index in [1.165, 1.54) is 13.2 Å². The summed E-state index contributed by atoms with van der Waals surface area (Å²) in [5, 5.41) is 10.3. The predicted octanol–water partition coefficient (Wildman–Crippen LogP) is 3.88. The van der Waals surface area contributed by atoms with Gasteiger partial charge in [0.1, 0.15) is 5.82 Å². The molecule has 0 saturated heterocycles. The van der Waals surface area contributed by atoms with E-state index in [0.29, 0.717) is 22.6 Å². The Morgan fingerprint density at radius 1 is 1.10 bits per heavy atom. The molecule has 5 heteroatoms. The third-order valence-corrected chi connectivity index (χ3v) is 3.71. The number of aliphatic hydroxyl groups excluding tert-OH is 1. The highest BCUT2D eigenvalue weighted by Gasteiger charge is 2.14. The Labute approximate surface area is 131 Å². The Morgan fingerprint density at radius 3 is 2.48 bits per heavy atom. The van der Waals surface area contributed by atoms with E-state index >= 15 is 0 Å². The molecular weight excluding hydrogens is 339 g/mol. The van der Waals surface area contributed by atoms with Gasteiger partial charge in [-0.15, -0.1) is 0 Å². The zero-order valence-electron chi connectivity index (χ0n) is 11.8. The largest absolute Gasteiger partial charge is 0.493 e. The molecule has 112 valence electrons. The number of ether oxygens (including phenoxy) is 2. The van der Waals surface area contributed by atoms with E-state index in [-0.39, 0.29) is 12.2 Å². The van der Waals surface area contributed by atoms with Crippen molar-refractivity contribution in [3.05, 3.63) is 57.8 Å². The van der Waals surface area contributed by atoms with Gasteiger partial charge in [0, 0.05) is 10.9 Å². The van der Waals surface area contributed by atoms with E-state index in [1.54, 1.807) is 37.4 Å². The summed E-state index contributed by atoms with van der Waals surface area (Å²) in [7, 11) is 3.08. The van der Waals surface area contributed by atoms with Gasteiger partial charge in [-0.05, 0) is 41.5 Å². The van der Waals surface area contributed by atoms with E-state index in [1.807, 2.05) is 0 Å². The first kappa shape index (κ1) is 15.8. The molecule has 1 atom stereocenters. The molecule has 1 unspecified atom stereocenters. The highest BCUT2D eigenvalue weighted by molar-refractivity contribution is 9.10. The van der Waals surface area contributed by atoms with Crippen LogP contribution in [0, 0.1) is 5.82 Å². The fourth-order valence-corrected chi connectivity index (χ4v) is 2.49. The number of aliphatic hydroxyl groups is 1. The van der Waals surface area contributed by atoms with Crippen molar-refractivity contribution in [2.75, 3.05) is 14.2 Å². The highest BCUT2D eigenvalue weighted by Crippen LogP contribution is 2.31. The maximum absolute atomic E-state index is 13.7. The molecule has 0 amide bonds. The van der Waals surface area contributed by atoms with Gasteiger partial charge in [-0.25, -0.2) is 4.39 Å². The molecule has 0 aliphatic carbocycles. The van der Waals surface area contributed by atoms with Crippen LogP contribution in [0.2, 0.25) is 0 Å². The lowest BCUT2D eigenvalue weighted by Gasteiger charge is -2.15. The van der Waals surface area contributed by atoms with Crippen molar-refractivity contribution in [1.29, 1.82) is 0 Å². The topological polar surface area (TPSA) is 38.7 Å². The lowest BCUT2D eigenvalue weighted by atomic mass is 10.0. The molecule has 0 aromatic heterocycles. The summed E-state index contributed by atoms with van der Waals surface area (Å²) in [4.78, 5) is 0. The Bertz CT molecular complexity index is 631. The minimum Gasteiger partial charge on any atom is -0.493 e. The number of rotatable bonds is 5. The summed E-state index contributed by atoms with van der Waals surface area (Å²) in [5.74, 6) is 0.781. The van der Waals surface area contributed by atoms with E-state index in [2.05, 4.69) is 15.9 Å². The summed E-state index contributed by atoms with van der Waals surface area (Å²) < 4.78 is 24.9. The van der Waals surface area contributed by atoms with Crippen molar-refractivity contribution in [1.82, 2.24) is 0 Å². The van der Waals surface area contributed by atoms with Gasteiger partial charge in [0.25, 0.3) is 0 Å². The van der Waals surface area contributed by atoms with Gasteiger partial charge in [-0.3, -0.25) is 0 Å². The van der Waals surface area contributed by atoms with Crippen molar-refractivity contribution in [3.8, 4) is 11.5 Å². The molecule has 21 heavy (non-hydrogen) atoms. The molecule has 0 fully saturated rings. The van der Waals surface area contributed by atoms with E-state index in [9.17, 15) is 9.50 Å². The summed E-state index contributed by atoms with van der Waals surface area (Å²) in [6, 6.07) is 9.82. The van der Waals surface area contributed by atoms with Gasteiger partial charge in [-0.1, -0.05) is 22.0 Å². The molecule has 3 nitrogen and oxygen atoms in total.